The zero-order valence-electron chi connectivity index (χ0n) is 16.8. The Balaban J connectivity index is 1.90. The van der Waals surface area contributed by atoms with Gasteiger partial charge >= 0.3 is 6.36 Å². The first-order valence-electron chi connectivity index (χ1n) is 9.40. The van der Waals surface area contributed by atoms with Crippen molar-refractivity contribution in [3.8, 4) is 5.75 Å². The van der Waals surface area contributed by atoms with Crippen molar-refractivity contribution in [3.05, 3.63) is 54.1 Å². The molecule has 30 heavy (non-hydrogen) atoms. The van der Waals surface area contributed by atoms with Crippen LogP contribution in [0.5, 0.6) is 5.75 Å². The summed E-state index contributed by atoms with van der Waals surface area (Å²) in [5.74, 6) is -0.989. The van der Waals surface area contributed by atoms with Gasteiger partial charge < -0.3 is 15.4 Å². The van der Waals surface area contributed by atoms with Crippen molar-refractivity contribution in [1.29, 1.82) is 0 Å². The van der Waals surface area contributed by atoms with Crippen LogP contribution in [0, 0.1) is 6.92 Å². The monoisotopic (exact) mass is 423 g/mol. The van der Waals surface area contributed by atoms with Crippen LogP contribution in [-0.2, 0) is 9.59 Å². The number of halogens is 3. The number of para-hydroxylation sites is 1. The molecule has 2 aromatic rings. The molecule has 0 radical (unpaired) electrons. The van der Waals surface area contributed by atoms with Crippen molar-refractivity contribution in [3.63, 3.8) is 0 Å². The predicted octanol–water partition coefficient (Wildman–Crippen LogP) is 4.18. The maximum absolute atomic E-state index is 12.4. The molecule has 2 N–H and O–H groups in total. The van der Waals surface area contributed by atoms with Gasteiger partial charge in [-0.2, -0.15) is 0 Å². The summed E-state index contributed by atoms with van der Waals surface area (Å²) in [4.78, 5) is 26.4. The Bertz CT molecular complexity index is 855. The van der Waals surface area contributed by atoms with Crippen molar-refractivity contribution in [1.82, 2.24) is 4.90 Å². The fourth-order valence-corrected chi connectivity index (χ4v) is 2.78. The highest BCUT2D eigenvalue weighted by atomic mass is 19.4. The van der Waals surface area contributed by atoms with Crippen LogP contribution in [0.4, 0.5) is 24.5 Å². The lowest BCUT2D eigenvalue weighted by molar-refractivity contribution is -0.274. The van der Waals surface area contributed by atoms with Gasteiger partial charge in [-0.05, 0) is 55.8 Å². The lowest BCUT2D eigenvalue weighted by Crippen LogP contribution is -2.39. The highest BCUT2D eigenvalue weighted by molar-refractivity contribution is 5.95. The highest BCUT2D eigenvalue weighted by Gasteiger charge is 2.31. The summed E-state index contributed by atoms with van der Waals surface area (Å²) < 4.78 is 40.4. The van der Waals surface area contributed by atoms with Crippen molar-refractivity contribution in [2.45, 2.75) is 26.6 Å². The maximum Gasteiger partial charge on any atom is 0.573 e. The number of rotatable bonds is 9. The largest absolute Gasteiger partial charge is 0.573 e. The third-order valence-electron chi connectivity index (χ3n) is 4.07. The van der Waals surface area contributed by atoms with Crippen LogP contribution in [-0.4, -0.2) is 42.7 Å². The molecule has 0 aliphatic rings. The van der Waals surface area contributed by atoms with Crippen molar-refractivity contribution >= 4 is 23.2 Å². The summed E-state index contributed by atoms with van der Waals surface area (Å²) in [6.45, 7) is 4.36. The van der Waals surface area contributed by atoms with Crippen LogP contribution in [0.2, 0.25) is 0 Å². The van der Waals surface area contributed by atoms with Gasteiger partial charge in [0.15, 0.2) is 0 Å². The maximum atomic E-state index is 12.4. The van der Waals surface area contributed by atoms with E-state index in [4.69, 9.17) is 0 Å². The molecule has 0 saturated carbocycles. The minimum absolute atomic E-state index is 0.0319. The van der Waals surface area contributed by atoms with Gasteiger partial charge in [0.05, 0.1) is 13.1 Å². The summed E-state index contributed by atoms with van der Waals surface area (Å²) in [6.07, 6.45) is -4.03. The molecule has 2 rings (SSSR count). The van der Waals surface area contributed by atoms with Crippen LogP contribution in [0.15, 0.2) is 48.5 Å². The summed E-state index contributed by atoms with van der Waals surface area (Å²) in [6, 6.07) is 12.2. The standard InChI is InChI=1S/C21H24F3N3O3/c1-3-12-27(14-20(29)26-18-7-5-4-6-15(18)2)13-19(28)25-16-8-10-17(11-9-16)30-21(22,23)24/h4-11H,3,12-14H2,1-2H3,(H,25,28)(H,26,29). The number of hydrogen-bond acceptors (Lipinski definition) is 4. The smallest absolute Gasteiger partial charge is 0.406 e. The van der Waals surface area contributed by atoms with Gasteiger partial charge in [0.1, 0.15) is 5.75 Å². The van der Waals surface area contributed by atoms with Crippen molar-refractivity contribution in [2.24, 2.45) is 0 Å². The third kappa shape index (κ3) is 8.12. The average molecular weight is 423 g/mol. The second-order valence-corrected chi connectivity index (χ2v) is 6.69. The quantitative estimate of drug-likeness (QED) is 0.635. The molecule has 0 fully saturated rings. The van der Waals surface area contributed by atoms with E-state index in [9.17, 15) is 22.8 Å². The second kappa shape index (κ2) is 10.6. The minimum atomic E-state index is -4.77. The number of nitrogens with one attached hydrogen (secondary N) is 2. The number of carbonyl (C=O) groups excluding carboxylic acids is 2. The molecule has 0 heterocycles. The lowest BCUT2D eigenvalue weighted by Gasteiger charge is -2.21. The van der Waals surface area contributed by atoms with Crippen molar-refractivity contribution < 1.29 is 27.5 Å². The SMILES string of the molecule is CCCN(CC(=O)Nc1ccc(OC(F)(F)F)cc1)CC(=O)Nc1ccccc1C. The highest BCUT2D eigenvalue weighted by Crippen LogP contribution is 2.24. The number of alkyl halides is 3. The van der Waals surface area contributed by atoms with Gasteiger partial charge in [0, 0.05) is 11.4 Å². The summed E-state index contributed by atoms with van der Waals surface area (Å²) in [7, 11) is 0. The molecule has 0 bridgehead atoms. The average Bonchev–Trinajstić information content (AvgIpc) is 2.64. The zero-order valence-corrected chi connectivity index (χ0v) is 16.8. The van der Waals surface area contributed by atoms with Crippen LogP contribution >= 0.6 is 0 Å². The van der Waals surface area contributed by atoms with Gasteiger partial charge in [0.2, 0.25) is 11.8 Å². The fourth-order valence-electron chi connectivity index (χ4n) is 2.78. The molecule has 0 spiro atoms. The first-order chi connectivity index (χ1) is 14.2. The molecule has 0 aliphatic carbocycles. The van der Waals surface area contributed by atoms with E-state index in [2.05, 4.69) is 15.4 Å². The Morgan fingerprint density at radius 1 is 0.967 bits per heavy atom. The Morgan fingerprint density at radius 2 is 1.57 bits per heavy atom. The van der Waals surface area contributed by atoms with E-state index < -0.39 is 6.36 Å². The normalized spacial score (nSPS) is 11.3. The molecule has 0 aromatic heterocycles. The third-order valence-corrected chi connectivity index (χ3v) is 4.07. The van der Waals surface area contributed by atoms with E-state index in [-0.39, 0.29) is 30.7 Å². The molecular weight excluding hydrogens is 399 g/mol. The second-order valence-electron chi connectivity index (χ2n) is 6.69. The Labute approximate surface area is 173 Å². The van der Waals surface area contributed by atoms with Gasteiger partial charge in [-0.3, -0.25) is 14.5 Å². The summed E-state index contributed by atoms with van der Waals surface area (Å²) in [5.41, 5.74) is 1.98. The van der Waals surface area contributed by atoms with Gasteiger partial charge in [-0.25, -0.2) is 0 Å². The Morgan fingerprint density at radius 3 is 2.13 bits per heavy atom. The van der Waals surface area contributed by atoms with E-state index in [1.807, 2.05) is 32.0 Å². The number of amides is 2. The number of hydrogen-bond donors (Lipinski definition) is 2. The predicted molar refractivity (Wildman–Crippen MR) is 108 cm³/mol. The molecule has 2 aromatic carbocycles. The fraction of sp³-hybridized carbons (Fsp3) is 0.333. The van der Waals surface area contributed by atoms with Crippen LogP contribution in [0.3, 0.4) is 0 Å². The van der Waals surface area contributed by atoms with Crippen LogP contribution in [0.1, 0.15) is 18.9 Å². The zero-order chi connectivity index (χ0) is 22.1. The molecule has 0 unspecified atom stereocenters. The molecule has 9 heteroatoms. The van der Waals surface area contributed by atoms with E-state index in [0.29, 0.717) is 17.9 Å². The van der Waals surface area contributed by atoms with E-state index >= 15 is 0 Å². The minimum Gasteiger partial charge on any atom is -0.406 e. The molecule has 0 saturated heterocycles. The van der Waals surface area contributed by atoms with Gasteiger partial charge in [-0.1, -0.05) is 25.1 Å². The molecule has 6 nitrogen and oxygen atoms in total. The summed E-state index contributed by atoms with van der Waals surface area (Å²) in [5, 5.41) is 5.43. The van der Waals surface area contributed by atoms with E-state index in [1.165, 1.54) is 12.1 Å². The number of ether oxygens (including phenoxy) is 1. The topological polar surface area (TPSA) is 70.7 Å². The van der Waals surface area contributed by atoms with E-state index in [1.54, 1.807) is 11.0 Å². The lowest BCUT2D eigenvalue weighted by atomic mass is 10.2. The molecular formula is C21H24F3N3O3. The first kappa shape index (κ1) is 23.2. The molecule has 0 aliphatic heterocycles. The molecule has 162 valence electrons. The number of aryl methyl sites for hydroxylation is 1. The summed E-state index contributed by atoms with van der Waals surface area (Å²) >= 11 is 0. The molecule has 0 atom stereocenters. The number of carbonyl (C=O) groups is 2. The first-order valence-corrected chi connectivity index (χ1v) is 9.40. The Hall–Kier alpha value is -3.07. The van der Waals surface area contributed by atoms with Crippen molar-refractivity contribution in [2.75, 3.05) is 30.3 Å². The number of benzene rings is 2. The number of anilines is 2. The Kier molecular flexibility index (Phi) is 8.23. The molecule has 2 amide bonds. The van der Waals surface area contributed by atoms with E-state index in [0.717, 1.165) is 24.1 Å². The number of nitrogens with zero attached hydrogens (tertiary/aromatic N) is 1. The van der Waals surface area contributed by atoms with Crippen LogP contribution in [0.25, 0.3) is 0 Å². The van der Waals surface area contributed by atoms with Gasteiger partial charge in [0.25, 0.3) is 0 Å². The van der Waals surface area contributed by atoms with Crippen LogP contribution < -0.4 is 15.4 Å². The van der Waals surface area contributed by atoms with Gasteiger partial charge in [-0.15, -0.1) is 13.2 Å².